The molecule has 0 saturated carbocycles. The van der Waals surface area contributed by atoms with Crippen molar-refractivity contribution < 1.29 is 19.1 Å². The predicted octanol–water partition coefficient (Wildman–Crippen LogP) is 3.55. The summed E-state index contributed by atoms with van der Waals surface area (Å²) in [6, 6.07) is 12.8. The number of hydrogen-bond donors (Lipinski definition) is 2. The van der Waals surface area contributed by atoms with Crippen molar-refractivity contribution in [3.05, 3.63) is 58.5 Å². The number of carbonyl (C=O) groups is 2. The van der Waals surface area contributed by atoms with Gasteiger partial charge in [-0.25, -0.2) is 0 Å². The van der Waals surface area contributed by atoms with Gasteiger partial charge in [-0.1, -0.05) is 23.9 Å². The van der Waals surface area contributed by atoms with Gasteiger partial charge in [0.25, 0.3) is 11.8 Å². The topological polar surface area (TPSA) is 76.7 Å². The first-order valence-electron chi connectivity index (χ1n) is 8.87. The standard InChI is InChI=1S/C21H22N2O4S/c1-26-10-4-9-22-20(24)15-7-8-18-17(13-15)23-21(25)19(28-18)12-14-5-3-6-16(11-14)27-2/h3,5-8,11-13H,4,9-10H2,1-2H3,(H,22,24)(H,23,25). The summed E-state index contributed by atoms with van der Waals surface area (Å²) in [6.07, 6.45) is 2.57. The van der Waals surface area contributed by atoms with Crippen LogP contribution < -0.4 is 15.4 Å². The first-order chi connectivity index (χ1) is 13.6. The number of hydrogen-bond acceptors (Lipinski definition) is 5. The molecule has 28 heavy (non-hydrogen) atoms. The molecular formula is C21H22N2O4S. The van der Waals surface area contributed by atoms with Crippen molar-refractivity contribution in [2.24, 2.45) is 0 Å². The summed E-state index contributed by atoms with van der Waals surface area (Å²) in [5, 5.41) is 5.71. The molecule has 7 heteroatoms. The smallest absolute Gasteiger partial charge is 0.262 e. The van der Waals surface area contributed by atoms with Crippen LogP contribution in [0.4, 0.5) is 5.69 Å². The highest BCUT2D eigenvalue weighted by Crippen LogP contribution is 2.39. The Bertz CT molecular complexity index is 911. The van der Waals surface area contributed by atoms with Crippen molar-refractivity contribution in [3.8, 4) is 5.75 Å². The number of ether oxygens (including phenoxy) is 2. The van der Waals surface area contributed by atoms with Gasteiger partial charge in [0.1, 0.15) is 5.75 Å². The van der Waals surface area contributed by atoms with Gasteiger partial charge in [-0.05, 0) is 48.4 Å². The van der Waals surface area contributed by atoms with Gasteiger partial charge in [0.05, 0.1) is 17.7 Å². The van der Waals surface area contributed by atoms with Crippen LogP contribution in [-0.2, 0) is 9.53 Å². The lowest BCUT2D eigenvalue weighted by Crippen LogP contribution is -2.25. The van der Waals surface area contributed by atoms with Crippen molar-refractivity contribution >= 4 is 35.3 Å². The Morgan fingerprint density at radius 1 is 1.21 bits per heavy atom. The average Bonchev–Trinajstić information content (AvgIpc) is 2.71. The maximum absolute atomic E-state index is 12.5. The molecule has 0 fully saturated rings. The average molecular weight is 398 g/mol. The fraction of sp³-hybridized carbons (Fsp3) is 0.238. The lowest BCUT2D eigenvalue weighted by atomic mass is 10.1. The van der Waals surface area contributed by atoms with E-state index in [-0.39, 0.29) is 11.8 Å². The minimum absolute atomic E-state index is 0.170. The maximum Gasteiger partial charge on any atom is 0.262 e. The summed E-state index contributed by atoms with van der Waals surface area (Å²) in [7, 11) is 3.23. The fourth-order valence-corrected chi connectivity index (χ4v) is 3.64. The van der Waals surface area contributed by atoms with E-state index in [2.05, 4.69) is 10.6 Å². The zero-order valence-corrected chi connectivity index (χ0v) is 16.6. The molecular weight excluding hydrogens is 376 g/mol. The molecule has 2 aromatic carbocycles. The van der Waals surface area contributed by atoms with Crippen molar-refractivity contribution in [1.82, 2.24) is 5.32 Å². The van der Waals surface area contributed by atoms with Crippen LogP contribution in [0, 0.1) is 0 Å². The lowest BCUT2D eigenvalue weighted by molar-refractivity contribution is -0.112. The minimum atomic E-state index is -0.196. The first kappa shape index (κ1) is 20.0. The second-order valence-corrected chi connectivity index (χ2v) is 7.24. The van der Waals surface area contributed by atoms with Crippen molar-refractivity contribution in [3.63, 3.8) is 0 Å². The van der Waals surface area contributed by atoms with E-state index in [0.29, 0.717) is 29.3 Å². The van der Waals surface area contributed by atoms with Crippen LogP contribution in [0.25, 0.3) is 6.08 Å². The van der Waals surface area contributed by atoms with Gasteiger partial charge in [-0.2, -0.15) is 0 Å². The highest BCUT2D eigenvalue weighted by Gasteiger charge is 2.22. The molecule has 146 valence electrons. The number of thioether (sulfide) groups is 1. The first-order valence-corrected chi connectivity index (χ1v) is 9.68. The quantitative estimate of drug-likeness (QED) is 0.551. The summed E-state index contributed by atoms with van der Waals surface area (Å²) >= 11 is 1.38. The molecule has 1 aliphatic rings. The summed E-state index contributed by atoms with van der Waals surface area (Å²) in [4.78, 5) is 26.2. The normalized spacial score (nSPS) is 14.4. The third kappa shape index (κ3) is 4.94. The number of nitrogens with one attached hydrogen (secondary N) is 2. The van der Waals surface area contributed by atoms with E-state index >= 15 is 0 Å². The second kappa shape index (κ2) is 9.43. The molecule has 3 rings (SSSR count). The van der Waals surface area contributed by atoms with E-state index in [1.807, 2.05) is 36.4 Å². The lowest BCUT2D eigenvalue weighted by Gasteiger charge is -2.19. The number of amides is 2. The third-order valence-corrected chi connectivity index (χ3v) is 5.24. The monoisotopic (exact) mass is 398 g/mol. The van der Waals surface area contributed by atoms with Crippen LogP contribution in [0.15, 0.2) is 52.3 Å². The molecule has 0 unspecified atom stereocenters. The van der Waals surface area contributed by atoms with Crippen LogP contribution >= 0.6 is 11.8 Å². The van der Waals surface area contributed by atoms with Gasteiger partial charge in [0.2, 0.25) is 0 Å². The van der Waals surface area contributed by atoms with Gasteiger partial charge in [0.15, 0.2) is 0 Å². The van der Waals surface area contributed by atoms with E-state index in [1.54, 1.807) is 26.4 Å². The summed E-state index contributed by atoms with van der Waals surface area (Å²) < 4.78 is 10.2. The Hall–Kier alpha value is -2.77. The molecule has 6 nitrogen and oxygen atoms in total. The zero-order valence-electron chi connectivity index (χ0n) is 15.8. The number of anilines is 1. The van der Waals surface area contributed by atoms with Gasteiger partial charge < -0.3 is 20.1 Å². The SMILES string of the molecule is COCCCNC(=O)c1ccc2c(c1)NC(=O)C(=Cc1cccc(OC)c1)S2. The molecule has 0 atom stereocenters. The Morgan fingerprint density at radius 3 is 2.86 bits per heavy atom. The van der Waals surface area contributed by atoms with Crippen LogP contribution in [-0.4, -0.2) is 39.2 Å². The summed E-state index contributed by atoms with van der Waals surface area (Å²) in [6.45, 7) is 1.14. The fourth-order valence-electron chi connectivity index (χ4n) is 2.70. The summed E-state index contributed by atoms with van der Waals surface area (Å²) in [5.41, 5.74) is 2.03. The zero-order chi connectivity index (χ0) is 19.9. The number of benzene rings is 2. The Labute approximate surface area is 168 Å². The number of fused-ring (bicyclic) bond motifs is 1. The molecule has 2 amide bonds. The molecule has 0 saturated heterocycles. The largest absolute Gasteiger partial charge is 0.497 e. The highest BCUT2D eigenvalue weighted by atomic mass is 32.2. The van der Waals surface area contributed by atoms with E-state index < -0.39 is 0 Å². The van der Waals surface area contributed by atoms with E-state index in [9.17, 15) is 9.59 Å². The van der Waals surface area contributed by atoms with Gasteiger partial charge in [-0.3, -0.25) is 9.59 Å². The third-order valence-electron chi connectivity index (χ3n) is 4.14. The molecule has 0 aromatic heterocycles. The summed E-state index contributed by atoms with van der Waals surface area (Å²) in [5.74, 6) is 0.367. The van der Waals surface area contributed by atoms with E-state index in [1.165, 1.54) is 11.8 Å². The molecule has 0 aliphatic carbocycles. The maximum atomic E-state index is 12.5. The van der Waals surface area contributed by atoms with Crippen LogP contribution in [0.3, 0.4) is 0 Å². The molecule has 2 aromatic rings. The van der Waals surface area contributed by atoms with Gasteiger partial charge >= 0.3 is 0 Å². The van der Waals surface area contributed by atoms with Crippen LogP contribution in [0.2, 0.25) is 0 Å². The van der Waals surface area contributed by atoms with Crippen molar-refractivity contribution in [2.45, 2.75) is 11.3 Å². The van der Waals surface area contributed by atoms with Crippen LogP contribution in [0.1, 0.15) is 22.3 Å². The van der Waals surface area contributed by atoms with Crippen LogP contribution in [0.5, 0.6) is 5.75 Å². The molecule has 1 heterocycles. The Morgan fingerprint density at radius 2 is 2.07 bits per heavy atom. The highest BCUT2D eigenvalue weighted by molar-refractivity contribution is 8.04. The molecule has 1 aliphatic heterocycles. The molecule has 2 N–H and O–H groups in total. The van der Waals surface area contributed by atoms with E-state index in [4.69, 9.17) is 9.47 Å². The van der Waals surface area contributed by atoms with Crippen molar-refractivity contribution in [2.75, 3.05) is 32.7 Å². The Kier molecular flexibility index (Phi) is 6.73. The second-order valence-electron chi connectivity index (χ2n) is 6.15. The molecule has 0 spiro atoms. The van der Waals surface area contributed by atoms with Gasteiger partial charge in [-0.15, -0.1) is 0 Å². The minimum Gasteiger partial charge on any atom is -0.497 e. The van der Waals surface area contributed by atoms with Crippen molar-refractivity contribution in [1.29, 1.82) is 0 Å². The van der Waals surface area contributed by atoms with E-state index in [0.717, 1.165) is 22.6 Å². The van der Waals surface area contributed by atoms with Gasteiger partial charge in [0, 0.05) is 30.7 Å². The number of methoxy groups -OCH3 is 2. The molecule has 0 radical (unpaired) electrons. The molecule has 0 bridgehead atoms. The number of carbonyl (C=O) groups excluding carboxylic acids is 2. The Balaban J connectivity index is 1.73. The predicted molar refractivity (Wildman–Crippen MR) is 111 cm³/mol. The number of rotatable bonds is 7.